The second kappa shape index (κ2) is 9.88. The van der Waals surface area contributed by atoms with E-state index in [4.69, 9.17) is 10.5 Å². The molecular weight excluding hydrogens is 232 g/mol. The highest BCUT2D eigenvalue weighted by Gasteiger charge is 2.24. The van der Waals surface area contributed by atoms with E-state index >= 15 is 0 Å². The van der Waals surface area contributed by atoms with Crippen LogP contribution in [0.15, 0.2) is 0 Å². The Balaban J connectivity index is 3.88. The maximum absolute atomic E-state index is 11.6. The van der Waals surface area contributed by atoms with Crippen LogP contribution in [-0.4, -0.2) is 30.6 Å². The van der Waals surface area contributed by atoms with Crippen LogP contribution in [0.5, 0.6) is 0 Å². The fraction of sp³-hybridized carbons (Fsp3) is 0.846. The van der Waals surface area contributed by atoms with Crippen molar-refractivity contribution in [2.75, 3.05) is 6.61 Å². The first-order valence-electron chi connectivity index (χ1n) is 6.75. The van der Waals surface area contributed by atoms with Crippen molar-refractivity contribution in [3.05, 3.63) is 0 Å². The number of esters is 1. The Morgan fingerprint density at radius 2 is 1.89 bits per heavy atom. The van der Waals surface area contributed by atoms with Crippen molar-refractivity contribution in [1.82, 2.24) is 5.32 Å². The second-order valence-electron chi connectivity index (χ2n) is 4.49. The third-order valence-electron chi connectivity index (χ3n) is 2.70. The molecule has 2 atom stereocenters. The van der Waals surface area contributed by atoms with Crippen LogP contribution in [-0.2, 0) is 14.3 Å². The van der Waals surface area contributed by atoms with E-state index in [1.54, 1.807) is 6.92 Å². The Kier molecular flexibility index (Phi) is 9.28. The molecule has 0 heterocycles. The molecule has 5 nitrogen and oxygen atoms in total. The summed E-state index contributed by atoms with van der Waals surface area (Å²) in [5.74, 6) is -1.13. The molecule has 106 valence electrons. The Morgan fingerprint density at radius 1 is 1.22 bits per heavy atom. The highest BCUT2D eigenvalue weighted by molar-refractivity contribution is 6.01. The van der Waals surface area contributed by atoms with Gasteiger partial charge in [0.25, 0.3) is 0 Å². The lowest BCUT2D eigenvalue weighted by Crippen LogP contribution is -2.49. The quantitative estimate of drug-likeness (QED) is 0.371. The third kappa shape index (κ3) is 7.27. The van der Waals surface area contributed by atoms with Crippen LogP contribution in [0.1, 0.15) is 52.9 Å². The molecule has 0 aromatic carbocycles. The molecule has 0 bridgehead atoms. The average molecular weight is 258 g/mol. The van der Waals surface area contributed by atoms with E-state index in [-0.39, 0.29) is 12.6 Å². The Morgan fingerprint density at radius 3 is 2.44 bits per heavy atom. The summed E-state index contributed by atoms with van der Waals surface area (Å²) in [7, 11) is 0. The van der Waals surface area contributed by atoms with Crippen LogP contribution in [0, 0.1) is 0 Å². The first-order valence-corrected chi connectivity index (χ1v) is 6.75. The van der Waals surface area contributed by atoms with E-state index in [2.05, 4.69) is 12.2 Å². The van der Waals surface area contributed by atoms with Gasteiger partial charge in [0.1, 0.15) is 0 Å². The van der Waals surface area contributed by atoms with Crippen molar-refractivity contribution in [1.29, 1.82) is 0 Å². The molecule has 0 saturated carbocycles. The molecule has 0 radical (unpaired) electrons. The topological polar surface area (TPSA) is 81.4 Å². The Bertz CT molecular complexity index is 257. The van der Waals surface area contributed by atoms with E-state index in [1.807, 2.05) is 6.92 Å². The average Bonchev–Trinajstić information content (AvgIpc) is 2.34. The third-order valence-corrected chi connectivity index (χ3v) is 2.70. The molecule has 0 rings (SSSR count). The Hall–Kier alpha value is -1.10. The molecule has 0 aromatic rings. The molecular formula is C13H26N2O3. The molecule has 0 aliphatic rings. The first-order chi connectivity index (χ1) is 8.52. The van der Waals surface area contributed by atoms with Crippen molar-refractivity contribution in [2.24, 2.45) is 5.73 Å². The number of carbonyl (C=O) groups excluding carboxylic acids is 2. The van der Waals surface area contributed by atoms with Gasteiger partial charge in [-0.1, -0.05) is 32.6 Å². The van der Waals surface area contributed by atoms with Gasteiger partial charge in [0.2, 0.25) is 5.91 Å². The molecule has 18 heavy (non-hydrogen) atoms. The SMILES string of the molecule is CCCCCCC(C)NC(=O)C(N)C(=O)OCC. The van der Waals surface area contributed by atoms with Gasteiger partial charge in [0, 0.05) is 6.04 Å². The van der Waals surface area contributed by atoms with Crippen LogP contribution in [0.2, 0.25) is 0 Å². The molecule has 0 fully saturated rings. The summed E-state index contributed by atoms with van der Waals surface area (Å²) in [5.41, 5.74) is 5.48. The van der Waals surface area contributed by atoms with Gasteiger partial charge in [-0.05, 0) is 20.3 Å². The number of hydrogen-bond donors (Lipinski definition) is 2. The lowest BCUT2D eigenvalue weighted by atomic mass is 10.1. The van der Waals surface area contributed by atoms with Crippen molar-refractivity contribution in [3.8, 4) is 0 Å². The monoisotopic (exact) mass is 258 g/mol. The molecule has 0 aliphatic heterocycles. The fourth-order valence-corrected chi connectivity index (χ4v) is 1.62. The van der Waals surface area contributed by atoms with Gasteiger partial charge in [0.15, 0.2) is 6.04 Å². The van der Waals surface area contributed by atoms with Crippen LogP contribution in [0.4, 0.5) is 0 Å². The molecule has 3 N–H and O–H groups in total. The minimum absolute atomic E-state index is 0.0369. The summed E-state index contributed by atoms with van der Waals surface area (Å²) in [6, 6.07) is -1.18. The van der Waals surface area contributed by atoms with Crippen molar-refractivity contribution in [2.45, 2.75) is 65.0 Å². The number of amides is 1. The summed E-state index contributed by atoms with van der Waals surface area (Å²) < 4.78 is 4.69. The molecule has 5 heteroatoms. The number of nitrogens with one attached hydrogen (secondary N) is 1. The summed E-state index contributed by atoms with van der Waals surface area (Å²) in [6.45, 7) is 5.98. The molecule has 0 aromatic heterocycles. The van der Waals surface area contributed by atoms with Crippen molar-refractivity contribution < 1.29 is 14.3 Å². The summed E-state index contributed by atoms with van der Waals surface area (Å²) >= 11 is 0. The van der Waals surface area contributed by atoms with Crippen molar-refractivity contribution >= 4 is 11.9 Å². The Labute approximate surface area is 109 Å². The predicted octanol–water partition coefficient (Wildman–Crippen LogP) is 1.35. The van der Waals surface area contributed by atoms with Crippen LogP contribution in [0.25, 0.3) is 0 Å². The highest BCUT2D eigenvalue weighted by Crippen LogP contribution is 2.05. The fourth-order valence-electron chi connectivity index (χ4n) is 1.62. The zero-order valence-corrected chi connectivity index (χ0v) is 11.7. The van der Waals surface area contributed by atoms with E-state index in [0.29, 0.717) is 0 Å². The zero-order chi connectivity index (χ0) is 14.0. The number of hydrogen-bond acceptors (Lipinski definition) is 4. The summed E-state index contributed by atoms with van der Waals surface area (Å²) in [6.07, 6.45) is 5.54. The molecule has 2 unspecified atom stereocenters. The van der Waals surface area contributed by atoms with Crippen LogP contribution >= 0.6 is 0 Å². The van der Waals surface area contributed by atoms with E-state index in [9.17, 15) is 9.59 Å². The van der Waals surface area contributed by atoms with Gasteiger partial charge >= 0.3 is 5.97 Å². The number of carbonyl (C=O) groups is 2. The van der Waals surface area contributed by atoms with Gasteiger partial charge in [0.05, 0.1) is 6.61 Å². The van der Waals surface area contributed by atoms with Gasteiger partial charge < -0.3 is 15.8 Å². The van der Waals surface area contributed by atoms with Crippen LogP contribution < -0.4 is 11.1 Å². The molecule has 0 saturated heterocycles. The lowest BCUT2D eigenvalue weighted by Gasteiger charge is -2.16. The maximum Gasteiger partial charge on any atom is 0.332 e. The summed E-state index contributed by atoms with van der Waals surface area (Å²) in [4.78, 5) is 22.9. The van der Waals surface area contributed by atoms with Gasteiger partial charge in [-0.25, -0.2) is 4.79 Å². The minimum atomic E-state index is -1.22. The second-order valence-corrected chi connectivity index (χ2v) is 4.49. The first kappa shape index (κ1) is 16.9. The van der Waals surface area contributed by atoms with Crippen molar-refractivity contribution in [3.63, 3.8) is 0 Å². The van der Waals surface area contributed by atoms with E-state index in [1.165, 1.54) is 19.3 Å². The highest BCUT2D eigenvalue weighted by atomic mass is 16.5. The lowest BCUT2D eigenvalue weighted by molar-refractivity contribution is -0.148. The number of nitrogens with two attached hydrogens (primary N) is 1. The standard InChI is InChI=1S/C13H26N2O3/c1-4-6-7-8-9-10(3)15-12(16)11(14)13(17)18-5-2/h10-11H,4-9,14H2,1-3H3,(H,15,16). The number of rotatable bonds is 9. The smallest absolute Gasteiger partial charge is 0.332 e. The van der Waals surface area contributed by atoms with E-state index < -0.39 is 17.9 Å². The molecule has 0 aliphatic carbocycles. The largest absolute Gasteiger partial charge is 0.464 e. The summed E-state index contributed by atoms with van der Waals surface area (Å²) in [5, 5.41) is 2.73. The van der Waals surface area contributed by atoms with Gasteiger partial charge in [-0.3, -0.25) is 4.79 Å². The van der Waals surface area contributed by atoms with E-state index in [0.717, 1.165) is 12.8 Å². The van der Waals surface area contributed by atoms with Crippen LogP contribution in [0.3, 0.4) is 0 Å². The zero-order valence-electron chi connectivity index (χ0n) is 11.7. The minimum Gasteiger partial charge on any atom is -0.464 e. The molecule has 1 amide bonds. The number of ether oxygens (including phenoxy) is 1. The maximum atomic E-state index is 11.6. The predicted molar refractivity (Wildman–Crippen MR) is 71.0 cm³/mol. The molecule has 0 spiro atoms. The normalized spacial score (nSPS) is 13.8. The number of unbranched alkanes of at least 4 members (excludes halogenated alkanes) is 3. The van der Waals surface area contributed by atoms with Gasteiger partial charge in [-0.15, -0.1) is 0 Å². The van der Waals surface area contributed by atoms with Gasteiger partial charge in [-0.2, -0.15) is 0 Å².